The second-order valence-electron chi connectivity index (χ2n) is 11.9. The van der Waals surface area contributed by atoms with E-state index in [1.54, 1.807) is 12.5 Å². The Morgan fingerprint density at radius 3 is 2.08 bits per heavy atom. The van der Waals surface area contributed by atoms with E-state index in [0.29, 0.717) is 23.0 Å². The first-order valence-corrected chi connectivity index (χ1v) is 16.5. The van der Waals surface area contributed by atoms with Gasteiger partial charge in [-0.25, -0.2) is 24.9 Å². The van der Waals surface area contributed by atoms with Crippen molar-refractivity contribution in [2.24, 2.45) is 0 Å². The van der Waals surface area contributed by atoms with Gasteiger partial charge < -0.3 is 0 Å². The van der Waals surface area contributed by atoms with Crippen molar-refractivity contribution in [1.82, 2.24) is 29.9 Å². The molecular weight excluding hydrogens is 613 g/mol. The van der Waals surface area contributed by atoms with Gasteiger partial charge >= 0.3 is 0 Å². The molecule has 0 radical (unpaired) electrons. The summed E-state index contributed by atoms with van der Waals surface area (Å²) in [6, 6.07) is 30.9. The van der Waals surface area contributed by atoms with E-state index >= 15 is 0 Å². The van der Waals surface area contributed by atoms with Gasteiger partial charge in [-0.05, 0) is 91.4 Å². The fourth-order valence-corrected chi connectivity index (χ4v) is 5.51. The molecule has 0 aliphatic carbocycles. The summed E-state index contributed by atoms with van der Waals surface area (Å²) in [5.41, 5.74) is 11.9. The molecule has 6 nitrogen and oxygen atoms in total. The Morgan fingerprint density at radius 1 is 0.640 bits per heavy atom. The Labute approximate surface area is 294 Å². The maximum absolute atomic E-state index is 5.01. The molecule has 0 spiro atoms. The van der Waals surface area contributed by atoms with E-state index in [1.165, 1.54) is 0 Å². The first-order chi connectivity index (χ1) is 24.4. The van der Waals surface area contributed by atoms with Gasteiger partial charge in [0.25, 0.3) is 0 Å². The summed E-state index contributed by atoms with van der Waals surface area (Å²) in [4.78, 5) is 27.8. The molecule has 0 saturated carbocycles. The van der Waals surface area contributed by atoms with Gasteiger partial charge in [-0.1, -0.05) is 104 Å². The molecule has 0 fully saturated rings. The highest BCUT2D eigenvalue weighted by Gasteiger charge is 2.15. The fraction of sp³-hybridized carbons (Fsp3) is 0.0909. The van der Waals surface area contributed by atoms with Crippen molar-refractivity contribution in [2.45, 2.75) is 27.7 Å². The zero-order valence-electron chi connectivity index (χ0n) is 28.7. The lowest BCUT2D eigenvalue weighted by molar-refractivity contribution is 1.04. The molecule has 0 saturated heterocycles. The molecule has 0 atom stereocenters. The van der Waals surface area contributed by atoms with E-state index in [9.17, 15) is 0 Å². The molecule has 0 aliphatic heterocycles. The third kappa shape index (κ3) is 8.00. The number of aromatic nitrogens is 6. The number of hydrogen-bond donors (Lipinski definition) is 0. The summed E-state index contributed by atoms with van der Waals surface area (Å²) < 4.78 is 0. The summed E-state index contributed by atoms with van der Waals surface area (Å²) in [7, 11) is 0. The van der Waals surface area contributed by atoms with Gasteiger partial charge in [-0.15, -0.1) is 0 Å². The maximum Gasteiger partial charge on any atom is 0.164 e. The lowest BCUT2D eigenvalue weighted by Gasteiger charge is -2.13. The van der Waals surface area contributed by atoms with E-state index in [4.69, 9.17) is 15.0 Å². The highest BCUT2D eigenvalue weighted by atomic mass is 15.0. The topological polar surface area (TPSA) is 77.3 Å². The summed E-state index contributed by atoms with van der Waals surface area (Å²) in [5.74, 6) is 1.68. The zero-order valence-corrected chi connectivity index (χ0v) is 28.7. The summed E-state index contributed by atoms with van der Waals surface area (Å²) in [6.07, 6.45) is 17.2. The minimum absolute atomic E-state index is 0.522. The molecule has 0 unspecified atom stereocenters. The Balaban J connectivity index is 1.49. The van der Waals surface area contributed by atoms with E-state index in [1.807, 2.05) is 86.8 Å². The molecule has 3 aromatic carbocycles. The molecule has 50 heavy (non-hydrogen) atoms. The number of nitrogens with zero attached hydrogens (tertiary/aromatic N) is 6. The molecule has 0 N–H and O–H groups in total. The quantitative estimate of drug-likeness (QED) is 0.137. The van der Waals surface area contributed by atoms with Gasteiger partial charge in [0.15, 0.2) is 17.5 Å². The molecule has 0 bridgehead atoms. The van der Waals surface area contributed by atoms with Crippen LogP contribution in [0.1, 0.15) is 43.4 Å². The van der Waals surface area contributed by atoms with Gasteiger partial charge in [0.2, 0.25) is 0 Å². The summed E-state index contributed by atoms with van der Waals surface area (Å²) >= 11 is 0. The summed E-state index contributed by atoms with van der Waals surface area (Å²) in [6.45, 7) is 12.5. The average Bonchev–Trinajstić information content (AvgIpc) is 3.17. The Bertz CT molecular complexity index is 2250. The second-order valence-corrected chi connectivity index (χ2v) is 11.9. The average molecular weight is 651 g/mol. The number of hydrogen-bond acceptors (Lipinski definition) is 6. The van der Waals surface area contributed by atoms with Crippen LogP contribution < -0.4 is 0 Å². The first-order valence-electron chi connectivity index (χ1n) is 16.5. The number of pyridine rings is 1. The van der Waals surface area contributed by atoms with Crippen molar-refractivity contribution in [3.05, 3.63) is 175 Å². The van der Waals surface area contributed by atoms with Crippen molar-refractivity contribution in [2.75, 3.05) is 0 Å². The van der Waals surface area contributed by atoms with Crippen LogP contribution in [-0.2, 0) is 0 Å². The maximum atomic E-state index is 5.01. The molecule has 0 aliphatic rings. The molecule has 244 valence electrons. The number of allylic oxidation sites excluding steroid dienone is 9. The van der Waals surface area contributed by atoms with Gasteiger partial charge in [-0.2, -0.15) is 0 Å². The number of benzene rings is 3. The van der Waals surface area contributed by atoms with Crippen LogP contribution in [0.2, 0.25) is 0 Å². The van der Waals surface area contributed by atoms with Gasteiger partial charge in [0, 0.05) is 40.4 Å². The van der Waals surface area contributed by atoms with Gasteiger partial charge in [-0.3, -0.25) is 4.98 Å². The second kappa shape index (κ2) is 15.7. The van der Waals surface area contributed by atoms with Gasteiger partial charge in [0.1, 0.15) is 6.33 Å². The van der Waals surface area contributed by atoms with Crippen LogP contribution in [0.5, 0.6) is 0 Å². The molecule has 3 heterocycles. The molecule has 0 amide bonds. The lowest BCUT2D eigenvalue weighted by Crippen LogP contribution is -2.02. The van der Waals surface area contributed by atoms with Crippen molar-refractivity contribution in [3.8, 4) is 45.2 Å². The number of rotatable bonds is 10. The third-order valence-electron chi connectivity index (χ3n) is 8.31. The Hall–Kier alpha value is -6.40. The van der Waals surface area contributed by atoms with E-state index < -0.39 is 0 Å². The largest absolute Gasteiger partial charge is 0.261 e. The van der Waals surface area contributed by atoms with Crippen molar-refractivity contribution >= 4 is 16.7 Å². The fourth-order valence-electron chi connectivity index (χ4n) is 5.51. The SMILES string of the molecule is C=C(/C=C\C=C/C)c1nc(-c2ccccc2)nc(-c2cc(/C(C)=C/C=C(\C)c3cccnc3C)cc(-c3ccc(-c4ccncn4)cc3)c2)n1. The van der Waals surface area contributed by atoms with Crippen molar-refractivity contribution in [3.63, 3.8) is 0 Å². The van der Waals surface area contributed by atoms with Crippen molar-refractivity contribution < 1.29 is 0 Å². The Kier molecular flexibility index (Phi) is 10.5. The Morgan fingerprint density at radius 2 is 1.36 bits per heavy atom. The lowest BCUT2D eigenvalue weighted by atomic mass is 9.95. The molecular formula is C44H38N6. The van der Waals surface area contributed by atoms with Crippen LogP contribution in [0.3, 0.4) is 0 Å². The third-order valence-corrected chi connectivity index (χ3v) is 8.31. The minimum Gasteiger partial charge on any atom is -0.261 e. The number of aryl methyl sites for hydroxylation is 1. The predicted octanol–water partition coefficient (Wildman–Crippen LogP) is 10.7. The van der Waals surface area contributed by atoms with Gasteiger partial charge in [0.05, 0.1) is 5.69 Å². The van der Waals surface area contributed by atoms with Crippen LogP contribution in [-0.4, -0.2) is 29.9 Å². The highest BCUT2D eigenvalue weighted by molar-refractivity contribution is 5.81. The van der Waals surface area contributed by atoms with Crippen molar-refractivity contribution in [1.29, 1.82) is 0 Å². The predicted molar refractivity (Wildman–Crippen MR) is 206 cm³/mol. The smallest absolute Gasteiger partial charge is 0.164 e. The molecule has 3 aromatic heterocycles. The highest BCUT2D eigenvalue weighted by Crippen LogP contribution is 2.32. The van der Waals surface area contributed by atoms with E-state index in [-0.39, 0.29) is 0 Å². The van der Waals surface area contributed by atoms with Crippen LogP contribution in [0.25, 0.3) is 61.9 Å². The molecule has 6 aromatic rings. The van der Waals surface area contributed by atoms with E-state index in [0.717, 1.165) is 61.5 Å². The first kappa shape index (κ1) is 33.5. The minimum atomic E-state index is 0.522. The van der Waals surface area contributed by atoms with Crippen LogP contribution in [0.15, 0.2) is 153 Å². The van der Waals surface area contributed by atoms with Crippen LogP contribution in [0, 0.1) is 6.92 Å². The van der Waals surface area contributed by atoms with Crippen LogP contribution >= 0.6 is 0 Å². The standard InChI is InChI=1S/C44H38N6/c1-6-7-9-13-32(4)42-48-43(36-14-10-8-11-15-36)50-44(49-42)39-27-37(30(2)17-18-31(3)40-16-12-24-46-33(40)5)26-38(28-39)34-19-21-35(22-20-34)41-23-25-45-29-47-41/h6-29H,4H2,1-3,5H3/b7-6-,13-9-,30-17+,31-18+. The zero-order chi connectivity index (χ0) is 34.9. The normalized spacial score (nSPS) is 12.2. The molecule has 6 heteroatoms. The van der Waals surface area contributed by atoms with E-state index in [2.05, 4.69) is 96.1 Å². The monoisotopic (exact) mass is 650 g/mol. The molecule has 6 rings (SSSR count). The summed E-state index contributed by atoms with van der Waals surface area (Å²) in [5, 5.41) is 0. The van der Waals surface area contributed by atoms with Crippen LogP contribution in [0.4, 0.5) is 0 Å².